The zero-order valence-corrected chi connectivity index (χ0v) is 20.0. The first kappa shape index (κ1) is 23.3. The molecular formula is C27H25FN6O2. The highest BCUT2D eigenvalue weighted by atomic mass is 19.1. The Morgan fingerprint density at radius 1 is 1.03 bits per heavy atom. The van der Waals surface area contributed by atoms with E-state index < -0.39 is 5.91 Å². The number of benzene rings is 2. The topological polar surface area (TPSA) is 91.3 Å². The minimum Gasteiger partial charge on any atom is -0.354 e. The van der Waals surface area contributed by atoms with Gasteiger partial charge in [-0.25, -0.2) is 19.3 Å². The number of carbonyl (C=O) groups is 2. The number of nitrogens with zero attached hydrogens (tertiary/aromatic N) is 5. The molecule has 1 atom stereocenters. The van der Waals surface area contributed by atoms with Crippen molar-refractivity contribution in [3.63, 3.8) is 0 Å². The lowest BCUT2D eigenvalue weighted by Gasteiger charge is -2.24. The molecular weight excluding hydrogens is 459 g/mol. The summed E-state index contributed by atoms with van der Waals surface area (Å²) in [6, 6.07) is 15.6. The second-order valence-electron chi connectivity index (χ2n) is 8.85. The van der Waals surface area contributed by atoms with Crippen molar-refractivity contribution in [1.29, 1.82) is 0 Å². The molecule has 182 valence electrons. The average Bonchev–Trinajstić information content (AvgIpc) is 3.39. The molecule has 0 bridgehead atoms. The molecule has 1 aliphatic rings. The van der Waals surface area contributed by atoms with Crippen molar-refractivity contribution in [2.24, 2.45) is 0 Å². The third kappa shape index (κ3) is 4.86. The number of anilines is 2. The molecule has 0 unspecified atom stereocenters. The molecule has 9 heteroatoms. The molecule has 1 N–H and O–H groups in total. The van der Waals surface area contributed by atoms with Crippen LogP contribution >= 0.6 is 0 Å². The quantitative estimate of drug-likeness (QED) is 0.458. The van der Waals surface area contributed by atoms with Crippen LogP contribution in [0.2, 0.25) is 0 Å². The normalized spacial score (nSPS) is 15.2. The van der Waals surface area contributed by atoms with Crippen molar-refractivity contribution in [3.8, 4) is 11.1 Å². The van der Waals surface area contributed by atoms with Gasteiger partial charge in [-0.05, 0) is 54.4 Å². The number of carbonyl (C=O) groups excluding carboxylic acids is 2. The summed E-state index contributed by atoms with van der Waals surface area (Å²) in [5.74, 6) is 0.223. The van der Waals surface area contributed by atoms with Crippen LogP contribution in [0.3, 0.4) is 0 Å². The first-order valence-corrected chi connectivity index (χ1v) is 11.7. The van der Waals surface area contributed by atoms with Crippen LogP contribution in [-0.2, 0) is 4.79 Å². The molecule has 4 aromatic rings. The number of aromatic nitrogens is 3. The smallest absolute Gasteiger partial charge is 0.293 e. The molecule has 1 fully saturated rings. The highest BCUT2D eigenvalue weighted by Gasteiger charge is 2.27. The predicted octanol–water partition coefficient (Wildman–Crippen LogP) is 4.14. The molecule has 0 spiro atoms. The SMILES string of the molecule is CC(=O)N(C)[C@@H]1CCN(c2ccc3cc(NC(=O)c4ncc(-c5ccc(F)cc5)cn4)ccc3n2)C1. The lowest BCUT2D eigenvalue weighted by atomic mass is 10.1. The highest BCUT2D eigenvalue weighted by Crippen LogP contribution is 2.25. The van der Waals surface area contributed by atoms with Crippen molar-refractivity contribution < 1.29 is 14.0 Å². The first-order chi connectivity index (χ1) is 17.4. The van der Waals surface area contributed by atoms with Crippen molar-refractivity contribution in [1.82, 2.24) is 19.9 Å². The summed E-state index contributed by atoms with van der Waals surface area (Å²) in [6.45, 7) is 3.18. The van der Waals surface area contributed by atoms with Gasteiger partial charge in [0.2, 0.25) is 11.7 Å². The van der Waals surface area contributed by atoms with Crippen molar-refractivity contribution in [2.75, 3.05) is 30.4 Å². The van der Waals surface area contributed by atoms with Gasteiger partial charge in [0.05, 0.1) is 11.6 Å². The van der Waals surface area contributed by atoms with E-state index in [1.807, 2.05) is 31.3 Å². The number of rotatable bonds is 5. The van der Waals surface area contributed by atoms with Crippen LogP contribution in [0.5, 0.6) is 0 Å². The predicted molar refractivity (Wildman–Crippen MR) is 136 cm³/mol. The third-order valence-corrected chi connectivity index (χ3v) is 6.50. The van der Waals surface area contributed by atoms with E-state index in [-0.39, 0.29) is 23.6 Å². The number of fused-ring (bicyclic) bond motifs is 1. The Labute approximate surface area is 207 Å². The summed E-state index contributed by atoms with van der Waals surface area (Å²) in [7, 11) is 1.84. The van der Waals surface area contributed by atoms with E-state index in [1.54, 1.807) is 30.0 Å². The molecule has 3 heterocycles. The van der Waals surface area contributed by atoms with Gasteiger partial charge >= 0.3 is 0 Å². The molecule has 1 saturated heterocycles. The third-order valence-electron chi connectivity index (χ3n) is 6.50. The van der Waals surface area contributed by atoms with E-state index in [4.69, 9.17) is 4.98 Å². The minimum atomic E-state index is -0.428. The van der Waals surface area contributed by atoms with E-state index in [2.05, 4.69) is 20.2 Å². The first-order valence-electron chi connectivity index (χ1n) is 11.7. The average molecular weight is 485 g/mol. The van der Waals surface area contributed by atoms with Gasteiger partial charge in [0.15, 0.2) is 0 Å². The standard InChI is InChI=1S/C27H25FN6O2/c1-17(35)33(2)23-11-12-34(16-23)25-10-5-19-13-22(8-9-24(19)32-25)31-27(36)26-29-14-20(15-30-26)18-3-6-21(28)7-4-18/h3-10,13-15,23H,11-12,16H2,1-2H3,(H,31,36)/t23-/m1/s1. The molecule has 1 aliphatic heterocycles. The largest absolute Gasteiger partial charge is 0.354 e. The summed E-state index contributed by atoms with van der Waals surface area (Å²) < 4.78 is 13.1. The number of hydrogen-bond acceptors (Lipinski definition) is 6. The van der Waals surface area contributed by atoms with Gasteiger partial charge in [0.25, 0.3) is 5.91 Å². The van der Waals surface area contributed by atoms with E-state index in [0.29, 0.717) is 11.3 Å². The molecule has 0 saturated carbocycles. The van der Waals surface area contributed by atoms with Gasteiger partial charge in [-0.3, -0.25) is 9.59 Å². The molecule has 5 rings (SSSR count). The Bertz CT molecular complexity index is 1420. The van der Waals surface area contributed by atoms with Crippen LogP contribution in [0.25, 0.3) is 22.0 Å². The maximum atomic E-state index is 13.1. The maximum absolute atomic E-state index is 13.1. The molecule has 2 amide bonds. The Balaban J connectivity index is 1.26. The van der Waals surface area contributed by atoms with E-state index in [1.165, 1.54) is 24.5 Å². The molecule has 8 nitrogen and oxygen atoms in total. The molecule has 2 aromatic heterocycles. The second kappa shape index (κ2) is 9.69. The van der Waals surface area contributed by atoms with Gasteiger partial charge in [-0.2, -0.15) is 0 Å². The Morgan fingerprint density at radius 3 is 2.50 bits per heavy atom. The summed E-state index contributed by atoms with van der Waals surface area (Å²) in [4.78, 5) is 41.4. The summed E-state index contributed by atoms with van der Waals surface area (Å²) in [6.07, 6.45) is 3.99. The minimum absolute atomic E-state index is 0.0357. The molecule has 2 aromatic carbocycles. The van der Waals surface area contributed by atoms with Gasteiger partial charge < -0.3 is 15.1 Å². The monoisotopic (exact) mass is 484 g/mol. The molecule has 36 heavy (non-hydrogen) atoms. The van der Waals surface area contributed by atoms with Crippen LogP contribution < -0.4 is 10.2 Å². The second-order valence-corrected chi connectivity index (χ2v) is 8.85. The van der Waals surface area contributed by atoms with Crippen molar-refractivity contribution in [2.45, 2.75) is 19.4 Å². The lowest BCUT2D eigenvalue weighted by molar-refractivity contribution is -0.129. The van der Waals surface area contributed by atoms with Crippen molar-refractivity contribution in [3.05, 3.63) is 78.6 Å². The fraction of sp³-hybridized carbons (Fsp3) is 0.222. The number of pyridine rings is 1. The number of halogens is 1. The zero-order chi connectivity index (χ0) is 25.2. The maximum Gasteiger partial charge on any atom is 0.293 e. The van der Waals surface area contributed by atoms with E-state index in [9.17, 15) is 14.0 Å². The van der Waals surface area contributed by atoms with Gasteiger partial charge in [-0.1, -0.05) is 12.1 Å². The Morgan fingerprint density at radius 2 is 1.78 bits per heavy atom. The Kier molecular flexibility index (Phi) is 6.28. The zero-order valence-electron chi connectivity index (χ0n) is 20.0. The number of hydrogen-bond donors (Lipinski definition) is 1. The summed E-state index contributed by atoms with van der Waals surface area (Å²) in [5, 5.41) is 3.72. The van der Waals surface area contributed by atoms with Crippen LogP contribution in [0.4, 0.5) is 15.9 Å². The number of nitrogens with one attached hydrogen (secondary N) is 1. The fourth-order valence-corrected chi connectivity index (χ4v) is 4.32. The Hall–Kier alpha value is -4.40. The van der Waals surface area contributed by atoms with E-state index in [0.717, 1.165) is 41.8 Å². The lowest BCUT2D eigenvalue weighted by Crippen LogP contribution is -2.37. The highest BCUT2D eigenvalue weighted by molar-refractivity contribution is 6.02. The summed E-state index contributed by atoms with van der Waals surface area (Å²) in [5.41, 5.74) is 2.88. The van der Waals surface area contributed by atoms with Crippen molar-refractivity contribution >= 4 is 34.2 Å². The van der Waals surface area contributed by atoms with Crippen LogP contribution in [-0.4, -0.2) is 57.8 Å². The summed E-state index contributed by atoms with van der Waals surface area (Å²) >= 11 is 0. The van der Waals surface area contributed by atoms with Crippen LogP contribution in [0, 0.1) is 5.82 Å². The fourth-order valence-electron chi connectivity index (χ4n) is 4.32. The molecule has 0 aliphatic carbocycles. The van der Waals surface area contributed by atoms with Gasteiger partial charge in [0.1, 0.15) is 11.6 Å². The van der Waals surface area contributed by atoms with Crippen LogP contribution in [0.1, 0.15) is 24.0 Å². The van der Waals surface area contributed by atoms with Gasteiger partial charge in [0, 0.05) is 56.1 Å². The number of likely N-dealkylation sites (N-methyl/N-ethyl adjacent to an activating group) is 1. The van der Waals surface area contributed by atoms with Crippen LogP contribution in [0.15, 0.2) is 67.0 Å². The van der Waals surface area contributed by atoms with E-state index >= 15 is 0 Å². The molecule has 0 radical (unpaired) electrons. The van der Waals surface area contributed by atoms with Gasteiger partial charge in [-0.15, -0.1) is 0 Å². The number of amides is 2.